The standard InChI is InChI=1S/C24H24N2O3S/c1-14-4-9-18(25-23(27)17-5-6-17)12-21(14)26-24(28)22-13-20(15(2)30-22)16-7-10-19(29-3)11-8-16/h4,7-13,17H,5-6H2,1-3H3,(H,25,27)(H,26,28). The third-order valence-electron chi connectivity index (χ3n) is 5.24. The number of thiophene rings is 1. The van der Waals surface area contributed by atoms with Crippen molar-refractivity contribution in [1.29, 1.82) is 0 Å². The van der Waals surface area contributed by atoms with Crippen LogP contribution in [0.25, 0.3) is 11.1 Å². The molecule has 1 fully saturated rings. The quantitative estimate of drug-likeness (QED) is 0.542. The summed E-state index contributed by atoms with van der Waals surface area (Å²) in [6.07, 6.45) is 1.91. The summed E-state index contributed by atoms with van der Waals surface area (Å²) in [6, 6.07) is 15.3. The fourth-order valence-electron chi connectivity index (χ4n) is 3.26. The molecule has 6 heteroatoms. The lowest BCUT2D eigenvalue weighted by Gasteiger charge is -2.11. The fraction of sp³-hybridized carbons (Fsp3) is 0.250. The summed E-state index contributed by atoms with van der Waals surface area (Å²) < 4.78 is 5.22. The Labute approximate surface area is 180 Å². The van der Waals surface area contributed by atoms with Crippen molar-refractivity contribution in [2.24, 2.45) is 5.92 Å². The molecule has 0 saturated heterocycles. The van der Waals surface area contributed by atoms with E-state index in [0.717, 1.165) is 40.2 Å². The Morgan fingerprint density at radius 1 is 1.00 bits per heavy atom. The molecule has 3 aromatic rings. The van der Waals surface area contributed by atoms with Gasteiger partial charge >= 0.3 is 0 Å². The number of carbonyl (C=O) groups excluding carboxylic acids is 2. The van der Waals surface area contributed by atoms with Gasteiger partial charge in [0.15, 0.2) is 0 Å². The predicted octanol–water partition coefficient (Wildman–Crippen LogP) is 5.64. The number of hydrogen-bond donors (Lipinski definition) is 2. The number of benzene rings is 2. The Morgan fingerprint density at radius 2 is 1.73 bits per heavy atom. The molecular formula is C24H24N2O3S. The van der Waals surface area contributed by atoms with Gasteiger partial charge in [0, 0.05) is 22.2 Å². The van der Waals surface area contributed by atoms with Crippen molar-refractivity contribution in [3.05, 3.63) is 63.8 Å². The maximum atomic E-state index is 12.9. The van der Waals surface area contributed by atoms with E-state index in [-0.39, 0.29) is 17.7 Å². The average Bonchev–Trinajstić information content (AvgIpc) is 3.52. The first-order valence-electron chi connectivity index (χ1n) is 9.92. The highest BCUT2D eigenvalue weighted by Gasteiger charge is 2.29. The highest BCUT2D eigenvalue weighted by Crippen LogP contribution is 2.33. The Morgan fingerprint density at radius 3 is 2.40 bits per heavy atom. The molecule has 0 unspecified atom stereocenters. The molecule has 1 aliphatic carbocycles. The minimum Gasteiger partial charge on any atom is -0.497 e. The monoisotopic (exact) mass is 420 g/mol. The molecule has 5 nitrogen and oxygen atoms in total. The number of nitrogens with one attached hydrogen (secondary N) is 2. The molecule has 2 amide bonds. The van der Waals surface area contributed by atoms with E-state index in [0.29, 0.717) is 16.3 Å². The molecule has 1 aliphatic rings. The molecule has 30 heavy (non-hydrogen) atoms. The number of anilines is 2. The molecule has 1 aromatic heterocycles. The predicted molar refractivity (Wildman–Crippen MR) is 122 cm³/mol. The van der Waals surface area contributed by atoms with Crippen LogP contribution in [0.2, 0.25) is 0 Å². The van der Waals surface area contributed by atoms with Gasteiger partial charge in [-0.2, -0.15) is 0 Å². The van der Waals surface area contributed by atoms with Gasteiger partial charge in [0.25, 0.3) is 5.91 Å². The number of methoxy groups -OCH3 is 1. The third-order valence-corrected chi connectivity index (χ3v) is 6.29. The van der Waals surface area contributed by atoms with E-state index in [1.807, 2.05) is 62.4 Å². The van der Waals surface area contributed by atoms with E-state index < -0.39 is 0 Å². The molecule has 0 aliphatic heterocycles. The van der Waals surface area contributed by atoms with Crippen LogP contribution in [0.5, 0.6) is 5.75 Å². The van der Waals surface area contributed by atoms with Crippen LogP contribution in [0.3, 0.4) is 0 Å². The van der Waals surface area contributed by atoms with Gasteiger partial charge in [-0.1, -0.05) is 18.2 Å². The maximum Gasteiger partial charge on any atom is 0.265 e. The summed E-state index contributed by atoms with van der Waals surface area (Å²) >= 11 is 1.47. The van der Waals surface area contributed by atoms with Crippen LogP contribution < -0.4 is 15.4 Å². The van der Waals surface area contributed by atoms with Gasteiger partial charge in [0.1, 0.15) is 5.75 Å². The van der Waals surface area contributed by atoms with Crippen molar-refractivity contribution >= 4 is 34.5 Å². The summed E-state index contributed by atoms with van der Waals surface area (Å²) in [4.78, 5) is 26.7. The topological polar surface area (TPSA) is 67.4 Å². The van der Waals surface area contributed by atoms with Gasteiger partial charge in [0.2, 0.25) is 5.91 Å². The Kier molecular flexibility index (Phi) is 5.59. The van der Waals surface area contributed by atoms with Crippen LogP contribution in [0.4, 0.5) is 11.4 Å². The number of ether oxygens (including phenoxy) is 1. The Bertz CT molecular complexity index is 1100. The highest BCUT2D eigenvalue weighted by molar-refractivity contribution is 7.14. The van der Waals surface area contributed by atoms with E-state index >= 15 is 0 Å². The summed E-state index contributed by atoms with van der Waals surface area (Å²) in [7, 11) is 1.64. The molecule has 0 spiro atoms. The molecule has 0 bridgehead atoms. The molecule has 4 rings (SSSR count). The zero-order chi connectivity index (χ0) is 21.3. The molecular weight excluding hydrogens is 396 g/mol. The van der Waals surface area contributed by atoms with Crippen LogP contribution in [-0.4, -0.2) is 18.9 Å². The van der Waals surface area contributed by atoms with Crippen LogP contribution >= 0.6 is 11.3 Å². The molecule has 2 aromatic carbocycles. The van der Waals surface area contributed by atoms with Crippen molar-refractivity contribution in [1.82, 2.24) is 0 Å². The van der Waals surface area contributed by atoms with Crippen molar-refractivity contribution in [2.45, 2.75) is 26.7 Å². The lowest BCUT2D eigenvalue weighted by Crippen LogP contribution is -2.15. The van der Waals surface area contributed by atoms with Crippen LogP contribution in [-0.2, 0) is 4.79 Å². The van der Waals surface area contributed by atoms with Crippen molar-refractivity contribution in [3.63, 3.8) is 0 Å². The smallest absolute Gasteiger partial charge is 0.265 e. The van der Waals surface area contributed by atoms with Crippen molar-refractivity contribution in [2.75, 3.05) is 17.7 Å². The number of aryl methyl sites for hydroxylation is 2. The largest absolute Gasteiger partial charge is 0.497 e. The maximum absolute atomic E-state index is 12.9. The Balaban J connectivity index is 1.51. The highest BCUT2D eigenvalue weighted by atomic mass is 32.1. The third kappa shape index (κ3) is 4.39. The molecule has 1 heterocycles. The Hall–Kier alpha value is -3.12. The second kappa shape index (κ2) is 8.32. The SMILES string of the molecule is COc1ccc(-c2cc(C(=O)Nc3cc(NC(=O)C4CC4)ccc3C)sc2C)cc1. The van der Waals surface area contributed by atoms with Gasteiger partial charge in [-0.05, 0) is 73.7 Å². The summed E-state index contributed by atoms with van der Waals surface area (Å²) in [5.74, 6) is 0.828. The van der Waals surface area contributed by atoms with Gasteiger partial charge in [-0.25, -0.2) is 0 Å². The first-order valence-corrected chi connectivity index (χ1v) is 10.7. The zero-order valence-electron chi connectivity index (χ0n) is 17.2. The summed E-state index contributed by atoms with van der Waals surface area (Å²) in [5, 5.41) is 5.93. The lowest BCUT2D eigenvalue weighted by molar-refractivity contribution is -0.117. The second-order valence-electron chi connectivity index (χ2n) is 7.56. The normalized spacial score (nSPS) is 13.0. The van der Waals surface area contributed by atoms with Gasteiger partial charge in [-0.3, -0.25) is 9.59 Å². The molecule has 2 N–H and O–H groups in total. The lowest BCUT2D eigenvalue weighted by atomic mass is 10.1. The van der Waals surface area contributed by atoms with E-state index in [4.69, 9.17) is 4.74 Å². The van der Waals surface area contributed by atoms with E-state index in [1.165, 1.54) is 11.3 Å². The molecule has 0 radical (unpaired) electrons. The average molecular weight is 421 g/mol. The van der Waals surface area contributed by atoms with E-state index in [9.17, 15) is 9.59 Å². The van der Waals surface area contributed by atoms with Crippen LogP contribution in [0.15, 0.2) is 48.5 Å². The van der Waals surface area contributed by atoms with Crippen molar-refractivity contribution in [3.8, 4) is 16.9 Å². The first kappa shape index (κ1) is 20.2. The molecule has 0 atom stereocenters. The summed E-state index contributed by atoms with van der Waals surface area (Å²) in [5.41, 5.74) is 4.43. The first-order chi connectivity index (χ1) is 14.4. The van der Waals surface area contributed by atoms with Gasteiger partial charge < -0.3 is 15.4 Å². The van der Waals surface area contributed by atoms with Crippen molar-refractivity contribution < 1.29 is 14.3 Å². The fourth-order valence-corrected chi connectivity index (χ4v) is 4.20. The van der Waals surface area contributed by atoms with Crippen LogP contribution in [0, 0.1) is 19.8 Å². The number of amides is 2. The van der Waals surface area contributed by atoms with Gasteiger partial charge in [0.05, 0.1) is 12.0 Å². The van der Waals surface area contributed by atoms with Gasteiger partial charge in [-0.15, -0.1) is 11.3 Å². The summed E-state index contributed by atoms with van der Waals surface area (Å²) in [6.45, 7) is 3.95. The second-order valence-corrected chi connectivity index (χ2v) is 8.81. The van der Waals surface area contributed by atoms with Crippen LogP contribution in [0.1, 0.15) is 33.0 Å². The van der Waals surface area contributed by atoms with E-state index in [2.05, 4.69) is 10.6 Å². The number of hydrogen-bond acceptors (Lipinski definition) is 4. The van der Waals surface area contributed by atoms with E-state index in [1.54, 1.807) is 7.11 Å². The molecule has 1 saturated carbocycles. The minimum atomic E-state index is -0.156. The minimum absolute atomic E-state index is 0.0501. The number of rotatable bonds is 6. The zero-order valence-corrected chi connectivity index (χ0v) is 18.1. The number of carbonyl (C=O) groups is 2. The molecule has 154 valence electrons.